The van der Waals surface area contributed by atoms with E-state index in [-0.39, 0.29) is 11.5 Å². The first-order chi connectivity index (χ1) is 6.97. The zero-order valence-electron chi connectivity index (χ0n) is 9.63. The average Bonchev–Trinajstić information content (AvgIpc) is 2.19. The Balaban J connectivity index is 2.56. The van der Waals surface area contributed by atoms with Crippen LogP contribution >= 0.6 is 0 Å². The summed E-state index contributed by atoms with van der Waals surface area (Å²) >= 11 is 0. The van der Waals surface area contributed by atoms with Crippen molar-refractivity contribution in [1.29, 1.82) is 0 Å². The van der Waals surface area contributed by atoms with Gasteiger partial charge in [-0.2, -0.15) is 0 Å². The summed E-state index contributed by atoms with van der Waals surface area (Å²) in [4.78, 5) is 22.3. The average molecular weight is 213 g/mol. The van der Waals surface area contributed by atoms with Gasteiger partial charge < -0.3 is 10.1 Å². The Kier molecular flexibility index (Phi) is 3.72. The summed E-state index contributed by atoms with van der Waals surface area (Å²) in [6.45, 7) is 4.24. The van der Waals surface area contributed by atoms with Gasteiger partial charge in [0.2, 0.25) is 0 Å². The minimum atomic E-state index is -0.809. The number of hydrogen-bond donors (Lipinski definition) is 1. The molecule has 0 saturated heterocycles. The number of amides is 1. The third kappa shape index (κ3) is 2.94. The fourth-order valence-electron chi connectivity index (χ4n) is 2.07. The Labute approximate surface area is 90.4 Å². The molecule has 0 spiro atoms. The Morgan fingerprint density at radius 3 is 2.53 bits per heavy atom. The summed E-state index contributed by atoms with van der Waals surface area (Å²) in [6.07, 6.45) is 4.32. The molecule has 0 aliphatic heterocycles. The molecule has 0 aromatic rings. The molecule has 1 amide bonds. The lowest BCUT2D eigenvalue weighted by Gasteiger charge is -2.38. The van der Waals surface area contributed by atoms with E-state index in [1.165, 1.54) is 13.5 Å². The molecule has 1 atom stereocenters. The highest BCUT2D eigenvalue weighted by Gasteiger charge is 2.34. The predicted octanol–water partition coefficient (Wildman–Crippen LogP) is 1.24. The van der Waals surface area contributed by atoms with E-state index in [0.717, 1.165) is 19.3 Å². The van der Waals surface area contributed by atoms with E-state index in [0.29, 0.717) is 0 Å². The quantitative estimate of drug-likeness (QED) is 0.526. The van der Waals surface area contributed by atoms with Gasteiger partial charge >= 0.3 is 11.9 Å². The van der Waals surface area contributed by atoms with Crippen LogP contribution < -0.4 is 5.32 Å². The molecule has 86 valence electrons. The largest absolute Gasteiger partial charge is 0.462 e. The van der Waals surface area contributed by atoms with Crippen molar-refractivity contribution < 1.29 is 14.3 Å². The first kappa shape index (κ1) is 12.0. The van der Waals surface area contributed by atoms with E-state index in [1.54, 1.807) is 0 Å². The second-order valence-electron chi connectivity index (χ2n) is 4.75. The molecule has 4 heteroatoms. The van der Waals surface area contributed by atoms with Gasteiger partial charge in [0, 0.05) is 6.04 Å². The maximum Gasteiger partial charge on any atom is 0.396 e. The van der Waals surface area contributed by atoms with Crippen molar-refractivity contribution in [2.24, 2.45) is 5.41 Å². The minimum Gasteiger partial charge on any atom is -0.462 e. The van der Waals surface area contributed by atoms with Crippen LogP contribution in [-0.4, -0.2) is 25.0 Å². The number of methoxy groups -OCH3 is 1. The highest BCUT2D eigenvalue weighted by Crippen LogP contribution is 2.35. The monoisotopic (exact) mass is 213 g/mol. The lowest BCUT2D eigenvalue weighted by molar-refractivity contribution is -0.153. The molecule has 1 N–H and O–H groups in total. The Bertz CT molecular complexity index is 261. The minimum absolute atomic E-state index is 0.0714. The smallest absolute Gasteiger partial charge is 0.396 e. The van der Waals surface area contributed by atoms with Crippen LogP contribution in [0.5, 0.6) is 0 Å². The topological polar surface area (TPSA) is 55.4 Å². The van der Waals surface area contributed by atoms with Crippen molar-refractivity contribution in [3.05, 3.63) is 0 Å². The van der Waals surface area contributed by atoms with Crippen molar-refractivity contribution in [2.75, 3.05) is 7.11 Å². The summed E-state index contributed by atoms with van der Waals surface area (Å²) in [6, 6.07) is 0.0813. The number of nitrogens with one attached hydrogen (secondary N) is 1. The Hall–Kier alpha value is -1.06. The van der Waals surface area contributed by atoms with Crippen LogP contribution in [0.15, 0.2) is 0 Å². The van der Waals surface area contributed by atoms with Gasteiger partial charge in [-0.25, -0.2) is 4.79 Å². The lowest BCUT2D eigenvalue weighted by atomic mass is 9.73. The summed E-state index contributed by atoms with van der Waals surface area (Å²) in [5.41, 5.74) is 0.0714. The van der Waals surface area contributed by atoms with Crippen LogP contribution in [0.4, 0.5) is 0 Å². The number of ether oxygens (including phenoxy) is 1. The van der Waals surface area contributed by atoms with Crippen molar-refractivity contribution in [3.8, 4) is 0 Å². The molecule has 0 heterocycles. The maximum atomic E-state index is 11.3. The van der Waals surface area contributed by atoms with E-state index in [1.807, 2.05) is 0 Å². The first-order valence-electron chi connectivity index (χ1n) is 5.36. The predicted molar refractivity (Wildman–Crippen MR) is 56.2 cm³/mol. The molecule has 0 bridgehead atoms. The highest BCUT2D eigenvalue weighted by atomic mass is 16.5. The zero-order chi connectivity index (χ0) is 11.5. The van der Waals surface area contributed by atoms with E-state index in [4.69, 9.17) is 0 Å². The molecule has 1 aliphatic carbocycles. The van der Waals surface area contributed by atoms with Crippen molar-refractivity contribution in [3.63, 3.8) is 0 Å². The van der Waals surface area contributed by atoms with Gasteiger partial charge in [-0.3, -0.25) is 4.79 Å². The van der Waals surface area contributed by atoms with Gasteiger partial charge in [-0.1, -0.05) is 26.7 Å². The molecule has 1 rings (SSSR count). The molecule has 1 fully saturated rings. The van der Waals surface area contributed by atoms with Gasteiger partial charge in [0.1, 0.15) is 0 Å². The fraction of sp³-hybridized carbons (Fsp3) is 0.818. The third-order valence-electron chi connectivity index (χ3n) is 3.18. The van der Waals surface area contributed by atoms with E-state index < -0.39 is 11.9 Å². The van der Waals surface area contributed by atoms with Crippen molar-refractivity contribution in [2.45, 2.75) is 45.6 Å². The van der Waals surface area contributed by atoms with Gasteiger partial charge in [0.05, 0.1) is 7.11 Å². The van der Waals surface area contributed by atoms with Crippen LogP contribution in [-0.2, 0) is 14.3 Å². The molecule has 0 aromatic heterocycles. The standard InChI is InChI=1S/C11H19NO3/c1-11(2)7-5-4-6-8(11)12-9(13)10(14)15-3/h8H,4-7H2,1-3H3,(H,12,13). The number of carbonyl (C=O) groups is 2. The zero-order valence-corrected chi connectivity index (χ0v) is 9.63. The number of carbonyl (C=O) groups excluding carboxylic acids is 2. The number of hydrogen-bond acceptors (Lipinski definition) is 3. The van der Waals surface area contributed by atoms with E-state index in [2.05, 4.69) is 23.9 Å². The van der Waals surface area contributed by atoms with Crippen LogP contribution in [0.3, 0.4) is 0 Å². The third-order valence-corrected chi connectivity index (χ3v) is 3.18. The molecule has 1 saturated carbocycles. The second-order valence-corrected chi connectivity index (χ2v) is 4.75. The number of rotatable bonds is 1. The van der Waals surface area contributed by atoms with Crippen LogP contribution in [0.2, 0.25) is 0 Å². The lowest BCUT2D eigenvalue weighted by Crippen LogP contribution is -2.49. The second kappa shape index (κ2) is 4.64. The summed E-state index contributed by atoms with van der Waals surface area (Å²) in [7, 11) is 1.22. The molecule has 0 aromatic carbocycles. The van der Waals surface area contributed by atoms with Crippen molar-refractivity contribution in [1.82, 2.24) is 5.32 Å². The molecule has 0 radical (unpaired) electrons. The number of esters is 1. The van der Waals surface area contributed by atoms with E-state index in [9.17, 15) is 9.59 Å². The molecule has 1 unspecified atom stereocenters. The van der Waals surface area contributed by atoms with Gasteiger partial charge in [0.25, 0.3) is 0 Å². The molecule has 15 heavy (non-hydrogen) atoms. The van der Waals surface area contributed by atoms with Crippen LogP contribution in [0, 0.1) is 5.41 Å². The van der Waals surface area contributed by atoms with Gasteiger partial charge in [-0.05, 0) is 18.3 Å². The Morgan fingerprint density at radius 2 is 2.00 bits per heavy atom. The summed E-state index contributed by atoms with van der Waals surface area (Å²) < 4.78 is 4.37. The summed E-state index contributed by atoms with van der Waals surface area (Å²) in [5, 5.41) is 2.75. The fourth-order valence-corrected chi connectivity index (χ4v) is 2.07. The molecular weight excluding hydrogens is 194 g/mol. The SMILES string of the molecule is COC(=O)C(=O)NC1CCCCC1(C)C. The molecule has 4 nitrogen and oxygen atoms in total. The van der Waals surface area contributed by atoms with Gasteiger partial charge in [0.15, 0.2) is 0 Å². The van der Waals surface area contributed by atoms with Gasteiger partial charge in [-0.15, -0.1) is 0 Å². The van der Waals surface area contributed by atoms with Crippen LogP contribution in [0.1, 0.15) is 39.5 Å². The normalized spacial score (nSPS) is 24.3. The van der Waals surface area contributed by atoms with Crippen LogP contribution in [0.25, 0.3) is 0 Å². The Morgan fingerprint density at radius 1 is 1.33 bits per heavy atom. The first-order valence-corrected chi connectivity index (χ1v) is 5.36. The highest BCUT2D eigenvalue weighted by molar-refractivity contribution is 6.32. The maximum absolute atomic E-state index is 11.3. The summed E-state index contributed by atoms with van der Waals surface area (Å²) in [5.74, 6) is -1.44. The van der Waals surface area contributed by atoms with E-state index >= 15 is 0 Å². The molecule has 1 aliphatic rings. The molecular formula is C11H19NO3. The van der Waals surface area contributed by atoms with Crippen molar-refractivity contribution >= 4 is 11.9 Å².